The van der Waals surface area contributed by atoms with Crippen molar-refractivity contribution >= 4 is 40.4 Å². The topological polar surface area (TPSA) is 76.1 Å². The van der Waals surface area contributed by atoms with Crippen LogP contribution in [0.15, 0.2) is 35.2 Å². The minimum absolute atomic E-state index is 0.0569. The first kappa shape index (κ1) is 21.4. The summed E-state index contributed by atoms with van der Waals surface area (Å²) in [6.07, 6.45) is 0. The summed E-state index contributed by atoms with van der Waals surface area (Å²) in [5.41, 5.74) is 1.37. The maximum absolute atomic E-state index is 12.9. The van der Waals surface area contributed by atoms with E-state index in [4.69, 9.17) is 21.1 Å². The van der Waals surface area contributed by atoms with Crippen LogP contribution in [0.3, 0.4) is 0 Å². The van der Waals surface area contributed by atoms with Gasteiger partial charge in [0.05, 0.1) is 29.9 Å². The average Bonchev–Trinajstić information content (AvgIpc) is 3.23. The zero-order valence-electron chi connectivity index (χ0n) is 16.4. The summed E-state index contributed by atoms with van der Waals surface area (Å²) in [6.45, 7) is 4.66. The number of hydrogen-bond donors (Lipinski definition) is 1. The van der Waals surface area contributed by atoms with Gasteiger partial charge in [-0.25, -0.2) is 0 Å². The number of rotatable bonds is 7. The van der Waals surface area contributed by atoms with Crippen molar-refractivity contribution in [3.05, 3.63) is 56.2 Å². The Labute approximate surface area is 178 Å². The molecule has 1 aliphatic rings. The first-order valence-corrected chi connectivity index (χ1v) is 10.4. The maximum Gasteiger partial charge on any atom is 0.295 e. The van der Waals surface area contributed by atoms with E-state index in [1.807, 2.05) is 25.3 Å². The van der Waals surface area contributed by atoms with E-state index in [2.05, 4.69) is 0 Å². The minimum atomic E-state index is -0.718. The number of hydrogen-bond acceptors (Lipinski definition) is 6. The van der Waals surface area contributed by atoms with Crippen LogP contribution in [0.2, 0.25) is 5.02 Å². The number of carbonyl (C=O) groups excluding carboxylic acids is 2. The number of amides is 1. The molecule has 3 rings (SSSR count). The highest BCUT2D eigenvalue weighted by atomic mass is 35.5. The van der Waals surface area contributed by atoms with E-state index in [0.29, 0.717) is 22.9 Å². The lowest BCUT2D eigenvalue weighted by atomic mass is 9.98. The molecule has 1 amide bonds. The quantitative estimate of drug-likeness (QED) is 0.401. The normalized spacial score (nSPS) is 18.5. The van der Waals surface area contributed by atoms with Crippen LogP contribution in [0.5, 0.6) is 5.75 Å². The maximum atomic E-state index is 12.9. The van der Waals surface area contributed by atoms with Gasteiger partial charge in [-0.2, -0.15) is 0 Å². The predicted octanol–water partition coefficient (Wildman–Crippen LogP) is 4.18. The number of halogens is 1. The Morgan fingerprint density at radius 3 is 2.69 bits per heavy atom. The number of aryl methyl sites for hydroxylation is 1. The van der Waals surface area contributed by atoms with Crippen LogP contribution in [0, 0.1) is 6.92 Å². The highest BCUT2D eigenvalue weighted by Gasteiger charge is 2.46. The van der Waals surface area contributed by atoms with Gasteiger partial charge in [0.25, 0.3) is 11.7 Å². The fourth-order valence-corrected chi connectivity index (χ4v) is 4.53. The molecule has 6 nitrogen and oxygen atoms in total. The van der Waals surface area contributed by atoms with Gasteiger partial charge in [0, 0.05) is 24.1 Å². The number of aliphatic hydroxyl groups excluding tert-OH is 1. The Hall–Kier alpha value is -2.35. The summed E-state index contributed by atoms with van der Waals surface area (Å²) in [4.78, 5) is 27.9. The van der Waals surface area contributed by atoms with Crippen molar-refractivity contribution in [2.75, 3.05) is 26.9 Å². The average molecular weight is 436 g/mol. The number of ketones is 1. The van der Waals surface area contributed by atoms with Crippen molar-refractivity contribution in [3.63, 3.8) is 0 Å². The van der Waals surface area contributed by atoms with Gasteiger partial charge in [0.1, 0.15) is 11.5 Å². The molecule has 0 spiro atoms. The number of thiophene rings is 1. The molecule has 2 heterocycles. The number of ether oxygens (including phenoxy) is 2. The third-order valence-electron chi connectivity index (χ3n) is 4.73. The second kappa shape index (κ2) is 8.98. The predicted molar refractivity (Wildman–Crippen MR) is 113 cm³/mol. The Morgan fingerprint density at radius 1 is 1.31 bits per heavy atom. The summed E-state index contributed by atoms with van der Waals surface area (Å²) in [7, 11) is 1.53. The van der Waals surface area contributed by atoms with Crippen LogP contribution in [-0.4, -0.2) is 48.6 Å². The van der Waals surface area contributed by atoms with Crippen LogP contribution >= 0.6 is 22.9 Å². The van der Waals surface area contributed by atoms with Gasteiger partial charge in [-0.05, 0) is 49.1 Å². The van der Waals surface area contributed by atoms with Crippen molar-refractivity contribution in [1.29, 1.82) is 0 Å². The first-order chi connectivity index (χ1) is 13.9. The summed E-state index contributed by atoms with van der Waals surface area (Å²) >= 11 is 7.58. The molecule has 1 saturated heterocycles. The van der Waals surface area contributed by atoms with Crippen LogP contribution in [0.25, 0.3) is 5.76 Å². The van der Waals surface area contributed by atoms with E-state index in [9.17, 15) is 14.7 Å². The summed E-state index contributed by atoms with van der Waals surface area (Å²) in [6, 6.07) is 6.01. The number of carbonyl (C=O) groups is 2. The monoisotopic (exact) mass is 435 g/mol. The number of benzene rings is 1. The molecule has 29 heavy (non-hydrogen) atoms. The smallest absolute Gasteiger partial charge is 0.295 e. The lowest BCUT2D eigenvalue weighted by Crippen LogP contribution is -2.32. The van der Waals surface area contributed by atoms with Gasteiger partial charge in [0.2, 0.25) is 0 Å². The fraction of sp³-hybridized carbons (Fsp3) is 0.333. The third-order valence-corrected chi connectivity index (χ3v) is 6.11. The summed E-state index contributed by atoms with van der Waals surface area (Å²) < 4.78 is 10.6. The molecule has 0 bridgehead atoms. The van der Waals surface area contributed by atoms with Gasteiger partial charge in [0.15, 0.2) is 0 Å². The molecule has 1 N–H and O–H groups in total. The molecule has 0 saturated carbocycles. The second-order valence-corrected chi connectivity index (χ2v) is 7.89. The van der Waals surface area contributed by atoms with Crippen molar-refractivity contribution < 1.29 is 24.2 Å². The van der Waals surface area contributed by atoms with E-state index in [0.717, 1.165) is 10.4 Å². The first-order valence-electron chi connectivity index (χ1n) is 9.14. The van der Waals surface area contributed by atoms with Crippen molar-refractivity contribution in [2.24, 2.45) is 0 Å². The molecular formula is C21H22ClNO5S. The molecule has 1 fully saturated rings. The molecular weight excluding hydrogens is 414 g/mol. The zero-order valence-corrected chi connectivity index (χ0v) is 18.0. The van der Waals surface area contributed by atoms with Crippen molar-refractivity contribution in [2.45, 2.75) is 19.9 Å². The Balaban J connectivity index is 2.16. The van der Waals surface area contributed by atoms with Crippen molar-refractivity contribution in [1.82, 2.24) is 4.90 Å². The SMILES string of the molecule is CCOc1cc(/C(O)=C2/C(=O)C(=O)N(CCOC)C2c2sccc2C)ccc1Cl. The fourth-order valence-electron chi connectivity index (χ4n) is 3.31. The van der Waals surface area contributed by atoms with E-state index in [-0.39, 0.29) is 24.5 Å². The van der Waals surface area contributed by atoms with Gasteiger partial charge >= 0.3 is 0 Å². The molecule has 8 heteroatoms. The summed E-state index contributed by atoms with van der Waals surface area (Å²) in [5, 5.41) is 13.3. The second-order valence-electron chi connectivity index (χ2n) is 6.53. The van der Waals surface area contributed by atoms with Crippen molar-refractivity contribution in [3.8, 4) is 5.75 Å². The Kier molecular flexibility index (Phi) is 6.62. The molecule has 1 atom stereocenters. The Bertz CT molecular complexity index is 968. The number of nitrogens with zero attached hydrogens (tertiary/aromatic N) is 1. The highest BCUT2D eigenvalue weighted by molar-refractivity contribution is 7.10. The Morgan fingerprint density at radius 2 is 2.07 bits per heavy atom. The van der Waals surface area contributed by atoms with Crippen LogP contribution in [-0.2, 0) is 14.3 Å². The molecule has 2 aromatic rings. The molecule has 0 radical (unpaired) electrons. The highest BCUT2D eigenvalue weighted by Crippen LogP contribution is 2.43. The third kappa shape index (κ3) is 4.03. The number of aliphatic hydroxyl groups is 1. The van der Waals surface area contributed by atoms with E-state index >= 15 is 0 Å². The molecule has 0 aliphatic carbocycles. The minimum Gasteiger partial charge on any atom is -0.507 e. The lowest BCUT2D eigenvalue weighted by Gasteiger charge is -2.24. The number of likely N-dealkylation sites (tertiary alicyclic amines) is 1. The molecule has 1 unspecified atom stereocenters. The molecule has 154 valence electrons. The molecule has 1 aliphatic heterocycles. The van der Waals surface area contributed by atoms with Gasteiger partial charge in [-0.1, -0.05) is 11.6 Å². The van der Waals surface area contributed by atoms with Crippen LogP contribution in [0.4, 0.5) is 0 Å². The zero-order chi connectivity index (χ0) is 21.1. The van der Waals surface area contributed by atoms with E-state index in [1.165, 1.54) is 23.3 Å². The largest absolute Gasteiger partial charge is 0.507 e. The van der Waals surface area contributed by atoms with Crippen LogP contribution < -0.4 is 4.74 Å². The number of methoxy groups -OCH3 is 1. The van der Waals surface area contributed by atoms with Gasteiger partial charge < -0.3 is 19.5 Å². The van der Waals surface area contributed by atoms with E-state index < -0.39 is 17.7 Å². The molecule has 1 aromatic heterocycles. The molecule has 1 aromatic carbocycles. The standard InChI is InChI=1S/C21H22ClNO5S/c1-4-28-15-11-13(5-6-14(15)22)18(24)16-17(20-12(2)7-10-29-20)23(8-9-27-3)21(26)19(16)25/h5-7,10-11,17,24H,4,8-9H2,1-3H3/b18-16-. The van der Waals surface area contributed by atoms with Gasteiger partial charge in [-0.15, -0.1) is 11.3 Å². The lowest BCUT2D eigenvalue weighted by molar-refractivity contribution is -0.140. The van der Waals surface area contributed by atoms with Crippen LogP contribution in [0.1, 0.15) is 29.0 Å². The van der Waals surface area contributed by atoms with E-state index in [1.54, 1.807) is 18.2 Å². The number of Topliss-reactive ketones (excluding diaryl/α,β-unsaturated/α-hetero) is 1. The van der Waals surface area contributed by atoms with Gasteiger partial charge in [-0.3, -0.25) is 9.59 Å². The summed E-state index contributed by atoms with van der Waals surface area (Å²) in [5.74, 6) is -1.22.